The van der Waals surface area contributed by atoms with Crippen LogP contribution in [0.4, 0.5) is 5.69 Å². The van der Waals surface area contributed by atoms with Gasteiger partial charge in [-0.3, -0.25) is 4.99 Å². The fourth-order valence-electron chi connectivity index (χ4n) is 4.56. The standard InChI is InChI=1S/C24H27N3O2/c1-23(2)12-17-16(9-10-25)21(28-5)22-18(13-24(3,4)29-22)19(17)20(27-23)14-7-6-8-15(26)11-14/h6-8,11H,9,12-13,26H2,1-5H3. The Balaban J connectivity index is 2.09. The maximum atomic E-state index is 9.55. The van der Waals surface area contributed by atoms with Crippen LogP contribution in [0, 0.1) is 11.3 Å². The van der Waals surface area contributed by atoms with Crippen molar-refractivity contribution in [3.63, 3.8) is 0 Å². The highest BCUT2D eigenvalue weighted by Gasteiger charge is 2.41. The summed E-state index contributed by atoms with van der Waals surface area (Å²) in [6, 6.07) is 10.2. The third kappa shape index (κ3) is 3.23. The third-order valence-electron chi connectivity index (χ3n) is 5.58. The minimum absolute atomic E-state index is 0.267. The number of anilines is 1. The molecule has 2 aromatic rings. The number of hydrogen-bond donors (Lipinski definition) is 1. The molecule has 0 fully saturated rings. The highest BCUT2D eigenvalue weighted by atomic mass is 16.5. The van der Waals surface area contributed by atoms with Crippen molar-refractivity contribution in [3.8, 4) is 17.6 Å². The maximum Gasteiger partial charge on any atom is 0.166 e. The van der Waals surface area contributed by atoms with Crippen LogP contribution in [0.1, 0.15) is 55.5 Å². The van der Waals surface area contributed by atoms with Crippen molar-refractivity contribution < 1.29 is 9.47 Å². The van der Waals surface area contributed by atoms with E-state index < -0.39 is 0 Å². The van der Waals surface area contributed by atoms with Gasteiger partial charge < -0.3 is 15.2 Å². The Morgan fingerprint density at radius 3 is 2.62 bits per heavy atom. The largest absolute Gasteiger partial charge is 0.493 e. The molecular formula is C24H27N3O2. The minimum Gasteiger partial charge on any atom is -0.493 e. The maximum absolute atomic E-state index is 9.55. The number of nitrogen functional groups attached to an aromatic ring is 1. The van der Waals surface area contributed by atoms with Gasteiger partial charge in [-0.15, -0.1) is 0 Å². The van der Waals surface area contributed by atoms with E-state index in [0.717, 1.165) is 52.1 Å². The molecule has 150 valence electrons. The van der Waals surface area contributed by atoms with E-state index in [1.165, 1.54) is 0 Å². The van der Waals surface area contributed by atoms with Crippen molar-refractivity contribution in [2.45, 2.75) is 58.1 Å². The Morgan fingerprint density at radius 2 is 1.97 bits per heavy atom. The summed E-state index contributed by atoms with van der Waals surface area (Å²) >= 11 is 0. The number of nitrogens with zero attached hydrogens (tertiary/aromatic N) is 2. The number of nitriles is 1. The van der Waals surface area contributed by atoms with Gasteiger partial charge in [0.05, 0.1) is 30.9 Å². The molecule has 0 atom stereocenters. The van der Waals surface area contributed by atoms with E-state index >= 15 is 0 Å². The molecular weight excluding hydrogens is 362 g/mol. The quantitative estimate of drug-likeness (QED) is 0.797. The molecule has 5 nitrogen and oxygen atoms in total. The first-order valence-corrected chi connectivity index (χ1v) is 9.92. The molecule has 2 aromatic carbocycles. The van der Waals surface area contributed by atoms with Crippen LogP contribution in [-0.4, -0.2) is 24.0 Å². The summed E-state index contributed by atoms with van der Waals surface area (Å²) in [5.74, 6) is 1.44. The van der Waals surface area contributed by atoms with Gasteiger partial charge in [0.15, 0.2) is 11.5 Å². The van der Waals surface area contributed by atoms with Gasteiger partial charge in [-0.1, -0.05) is 12.1 Å². The van der Waals surface area contributed by atoms with Crippen LogP contribution in [0.2, 0.25) is 0 Å². The molecule has 0 amide bonds. The summed E-state index contributed by atoms with van der Waals surface area (Å²) in [5.41, 5.74) is 12.3. The van der Waals surface area contributed by atoms with Crippen molar-refractivity contribution in [3.05, 3.63) is 52.1 Å². The van der Waals surface area contributed by atoms with Gasteiger partial charge in [0.1, 0.15) is 5.60 Å². The summed E-state index contributed by atoms with van der Waals surface area (Å²) in [5, 5.41) is 9.55. The van der Waals surface area contributed by atoms with E-state index in [-0.39, 0.29) is 17.6 Å². The van der Waals surface area contributed by atoms with E-state index in [9.17, 15) is 5.26 Å². The van der Waals surface area contributed by atoms with Crippen LogP contribution in [0.5, 0.6) is 11.5 Å². The fraction of sp³-hybridized carbons (Fsp3) is 0.417. The summed E-state index contributed by atoms with van der Waals surface area (Å²) in [6.07, 6.45) is 1.77. The topological polar surface area (TPSA) is 80.6 Å². The second-order valence-electron chi connectivity index (χ2n) is 9.12. The van der Waals surface area contributed by atoms with Crippen LogP contribution in [0.25, 0.3) is 0 Å². The van der Waals surface area contributed by atoms with Gasteiger partial charge in [-0.05, 0) is 51.8 Å². The number of benzene rings is 2. The van der Waals surface area contributed by atoms with Crippen LogP contribution in [0.15, 0.2) is 29.3 Å². The lowest BCUT2D eigenvalue weighted by Gasteiger charge is -2.32. The highest BCUT2D eigenvalue weighted by molar-refractivity contribution is 6.16. The molecule has 0 aromatic heterocycles. The number of aliphatic imine (C=N–C) groups is 1. The van der Waals surface area contributed by atoms with Gasteiger partial charge in [0.25, 0.3) is 0 Å². The second-order valence-corrected chi connectivity index (χ2v) is 9.12. The van der Waals surface area contributed by atoms with Gasteiger partial charge in [0, 0.05) is 34.4 Å². The van der Waals surface area contributed by atoms with E-state index in [1.54, 1.807) is 7.11 Å². The summed E-state index contributed by atoms with van der Waals surface area (Å²) < 4.78 is 12.1. The number of fused-ring (bicyclic) bond motifs is 3. The van der Waals surface area contributed by atoms with Crippen molar-refractivity contribution in [2.24, 2.45) is 4.99 Å². The fourth-order valence-corrected chi connectivity index (χ4v) is 4.56. The van der Waals surface area contributed by atoms with Gasteiger partial charge >= 0.3 is 0 Å². The molecule has 4 rings (SSSR count). The normalized spacial score (nSPS) is 18.1. The molecule has 0 saturated carbocycles. The first-order chi connectivity index (χ1) is 13.7. The zero-order chi connectivity index (χ0) is 21.0. The zero-order valence-corrected chi connectivity index (χ0v) is 17.7. The lowest BCUT2D eigenvalue weighted by molar-refractivity contribution is 0.134. The summed E-state index contributed by atoms with van der Waals surface area (Å²) in [7, 11) is 1.65. The molecule has 0 bridgehead atoms. The van der Waals surface area contributed by atoms with E-state index in [4.69, 9.17) is 20.2 Å². The molecule has 0 spiro atoms. The molecule has 0 unspecified atom stereocenters. The molecule has 2 heterocycles. The van der Waals surface area contributed by atoms with E-state index in [1.807, 2.05) is 24.3 Å². The van der Waals surface area contributed by atoms with Crippen molar-refractivity contribution in [2.75, 3.05) is 12.8 Å². The smallest absolute Gasteiger partial charge is 0.166 e. The van der Waals surface area contributed by atoms with Gasteiger partial charge in [-0.2, -0.15) is 5.26 Å². The molecule has 2 N–H and O–H groups in total. The van der Waals surface area contributed by atoms with Gasteiger partial charge in [-0.25, -0.2) is 0 Å². The molecule has 0 saturated heterocycles. The lowest BCUT2D eigenvalue weighted by Crippen LogP contribution is -2.31. The average molecular weight is 389 g/mol. The summed E-state index contributed by atoms with van der Waals surface area (Å²) in [4.78, 5) is 5.13. The Hall–Kier alpha value is -3.00. The molecule has 29 heavy (non-hydrogen) atoms. The third-order valence-corrected chi connectivity index (χ3v) is 5.58. The monoisotopic (exact) mass is 389 g/mol. The van der Waals surface area contributed by atoms with Crippen LogP contribution in [-0.2, 0) is 19.3 Å². The van der Waals surface area contributed by atoms with Crippen LogP contribution in [0.3, 0.4) is 0 Å². The van der Waals surface area contributed by atoms with Crippen LogP contribution >= 0.6 is 0 Å². The predicted octanol–water partition coefficient (Wildman–Crippen LogP) is 4.23. The Bertz CT molecular complexity index is 1070. The average Bonchev–Trinajstić information content (AvgIpc) is 2.95. The Labute approximate surface area is 172 Å². The number of ether oxygens (including phenoxy) is 2. The number of rotatable bonds is 3. The predicted molar refractivity (Wildman–Crippen MR) is 115 cm³/mol. The molecule has 5 heteroatoms. The zero-order valence-electron chi connectivity index (χ0n) is 17.7. The Morgan fingerprint density at radius 1 is 1.21 bits per heavy atom. The minimum atomic E-state index is -0.345. The SMILES string of the molecule is COc1c(CC#N)c2c(c3c1OC(C)(C)C3)C(c1cccc(N)c1)=NC(C)(C)C2. The van der Waals surface area contributed by atoms with E-state index in [0.29, 0.717) is 11.4 Å². The molecule has 0 radical (unpaired) electrons. The number of nitrogens with two attached hydrogens (primary N) is 1. The molecule has 0 aliphatic carbocycles. The van der Waals surface area contributed by atoms with Crippen LogP contribution < -0.4 is 15.2 Å². The molecule has 2 aliphatic heterocycles. The number of hydrogen-bond acceptors (Lipinski definition) is 5. The molecule has 2 aliphatic rings. The first-order valence-electron chi connectivity index (χ1n) is 9.92. The second kappa shape index (κ2) is 6.52. The van der Waals surface area contributed by atoms with Crippen molar-refractivity contribution in [1.29, 1.82) is 5.26 Å². The first kappa shape index (κ1) is 19.3. The highest BCUT2D eigenvalue weighted by Crippen LogP contribution is 2.50. The van der Waals surface area contributed by atoms with Gasteiger partial charge in [0.2, 0.25) is 0 Å². The summed E-state index contributed by atoms with van der Waals surface area (Å²) in [6.45, 7) is 8.40. The lowest BCUT2D eigenvalue weighted by atomic mass is 9.78. The van der Waals surface area contributed by atoms with Crippen molar-refractivity contribution >= 4 is 11.4 Å². The Kier molecular flexibility index (Phi) is 4.34. The van der Waals surface area contributed by atoms with Crippen molar-refractivity contribution in [1.82, 2.24) is 0 Å². The number of methoxy groups -OCH3 is 1. The van der Waals surface area contributed by atoms with E-state index in [2.05, 4.69) is 33.8 Å².